The Morgan fingerprint density at radius 1 is 1.09 bits per heavy atom. The number of nitrogens with zero attached hydrogens (tertiary/aromatic N) is 3. The van der Waals surface area contributed by atoms with Crippen molar-refractivity contribution in [3.8, 4) is 0 Å². The highest BCUT2D eigenvalue weighted by Gasteiger charge is 2.42. The molecule has 5 rings (SSSR count). The van der Waals surface area contributed by atoms with Crippen molar-refractivity contribution in [3.05, 3.63) is 99.8 Å². The summed E-state index contributed by atoms with van der Waals surface area (Å²) in [6.07, 6.45) is 4.76. The number of anilines is 1. The van der Waals surface area contributed by atoms with Crippen LogP contribution in [0.1, 0.15) is 54.0 Å². The number of dihydropyridines is 1. The quantitative estimate of drug-likeness (QED) is 0.593. The molecular weight excluding hydrogens is 438 g/mol. The summed E-state index contributed by atoms with van der Waals surface area (Å²) in [7, 11) is 1.85. The van der Waals surface area contributed by atoms with Crippen LogP contribution in [0.25, 0.3) is 0 Å². The summed E-state index contributed by atoms with van der Waals surface area (Å²) in [5.41, 5.74) is 6.66. The van der Waals surface area contributed by atoms with Gasteiger partial charge in [0.2, 0.25) is 0 Å². The maximum atomic E-state index is 13.7. The molecule has 0 fully saturated rings. The number of benzene rings is 1. The van der Waals surface area contributed by atoms with Gasteiger partial charge in [-0.3, -0.25) is 14.3 Å². The lowest BCUT2D eigenvalue weighted by Crippen LogP contribution is -2.37. The van der Waals surface area contributed by atoms with Crippen LogP contribution in [0.3, 0.4) is 0 Å². The van der Waals surface area contributed by atoms with Crippen LogP contribution < -0.4 is 10.6 Å². The standard InChI is InChI=1S/C28H29N5O2/c1-16-10-11-24(29-14-16)31-28(35)25-18(3)30-22-12-20(19-8-6-5-7-9-19)13-23(34)27(22)26(25)21-15-33(4)32-17(21)2/h5-11,14-15,20,26,30H,12-13H2,1-4H3,(H,29,31,35)/t20-,26-/m0/s1. The molecule has 0 spiro atoms. The molecule has 1 aromatic carbocycles. The van der Waals surface area contributed by atoms with Crippen LogP contribution in [-0.2, 0) is 16.6 Å². The zero-order chi connectivity index (χ0) is 24.7. The van der Waals surface area contributed by atoms with Crippen molar-refractivity contribution >= 4 is 17.5 Å². The summed E-state index contributed by atoms with van der Waals surface area (Å²) < 4.78 is 1.74. The lowest BCUT2D eigenvalue weighted by Gasteiger charge is -2.36. The summed E-state index contributed by atoms with van der Waals surface area (Å²) in [4.78, 5) is 31.6. The molecule has 0 radical (unpaired) electrons. The van der Waals surface area contributed by atoms with Crippen LogP contribution in [0.4, 0.5) is 5.82 Å². The molecule has 7 heteroatoms. The second kappa shape index (κ2) is 8.98. The number of carbonyl (C=O) groups is 2. The van der Waals surface area contributed by atoms with E-state index in [0.717, 1.165) is 33.8 Å². The van der Waals surface area contributed by atoms with Gasteiger partial charge in [-0.25, -0.2) is 4.98 Å². The molecule has 2 aliphatic rings. The Morgan fingerprint density at radius 3 is 2.51 bits per heavy atom. The van der Waals surface area contributed by atoms with E-state index in [9.17, 15) is 9.59 Å². The van der Waals surface area contributed by atoms with Crippen molar-refractivity contribution < 1.29 is 9.59 Å². The monoisotopic (exact) mass is 467 g/mol. The van der Waals surface area contributed by atoms with Gasteiger partial charge < -0.3 is 10.6 Å². The molecule has 0 saturated carbocycles. The van der Waals surface area contributed by atoms with Gasteiger partial charge in [-0.2, -0.15) is 5.10 Å². The average molecular weight is 468 g/mol. The van der Waals surface area contributed by atoms with Crippen LogP contribution in [-0.4, -0.2) is 26.5 Å². The SMILES string of the molecule is CC1=C(C(=O)Nc2ccc(C)cn2)[C@H](c2cn(C)nc2C)C2=C(C[C@H](c3ccccc3)CC2=O)N1. The van der Waals surface area contributed by atoms with Crippen LogP contribution in [0, 0.1) is 13.8 Å². The third-order valence-corrected chi connectivity index (χ3v) is 6.86. The number of pyridine rings is 1. The number of aromatic nitrogens is 3. The second-order valence-corrected chi connectivity index (χ2v) is 9.45. The number of rotatable bonds is 4. The van der Waals surface area contributed by atoms with Crippen molar-refractivity contribution in [2.45, 2.75) is 45.4 Å². The molecule has 35 heavy (non-hydrogen) atoms. The molecule has 2 atom stereocenters. The fourth-order valence-corrected chi connectivity index (χ4v) is 5.24. The van der Waals surface area contributed by atoms with Gasteiger partial charge >= 0.3 is 0 Å². The van der Waals surface area contributed by atoms with Gasteiger partial charge in [0, 0.05) is 59.9 Å². The lowest BCUT2D eigenvalue weighted by atomic mass is 9.71. The maximum Gasteiger partial charge on any atom is 0.255 e. The van der Waals surface area contributed by atoms with E-state index in [1.165, 1.54) is 0 Å². The minimum atomic E-state index is -0.491. The Labute approximate surface area is 205 Å². The topological polar surface area (TPSA) is 88.9 Å². The van der Waals surface area contributed by atoms with E-state index >= 15 is 0 Å². The van der Waals surface area contributed by atoms with E-state index in [4.69, 9.17) is 0 Å². The van der Waals surface area contributed by atoms with Crippen LogP contribution in [0.5, 0.6) is 0 Å². The Balaban J connectivity index is 1.57. The molecule has 1 aliphatic heterocycles. The van der Waals surface area contributed by atoms with Crippen LogP contribution >= 0.6 is 0 Å². The predicted molar refractivity (Wildman–Crippen MR) is 135 cm³/mol. The molecule has 0 saturated heterocycles. The third kappa shape index (κ3) is 4.30. The van der Waals surface area contributed by atoms with Gasteiger partial charge in [0.15, 0.2) is 5.78 Å². The number of Topliss-reactive ketones (excluding diaryl/α,β-unsaturated/α-hetero) is 1. The molecule has 0 unspecified atom stereocenters. The minimum Gasteiger partial charge on any atom is -0.362 e. The summed E-state index contributed by atoms with van der Waals surface area (Å²) >= 11 is 0. The van der Waals surface area contributed by atoms with E-state index < -0.39 is 5.92 Å². The molecule has 1 amide bonds. The highest BCUT2D eigenvalue weighted by molar-refractivity contribution is 6.09. The smallest absolute Gasteiger partial charge is 0.255 e. The van der Waals surface area contributed by atoms with E-state index in [2.05, 4.69) is 32.8 Å². The molecule has 2 aromatic heterocycles. The fourth-order valence-electron chi connectivity index (χ4n) is 5.24. The highest BCUT2D eigenvalue weighted by Crippen LogP contribution is 2.46. The van der Waals surface area contributed by atoms with Crippen molar-refractivity contribution in [1.82, 2.24) is 20.1 Å². The largest absolute Gasteiger partial charge is 0.362 e. The average Bonchev–Trinajstić information content (AvgIpc) is 3.17. The van der Waals surface area contributed by atoms with E-state index in [1.54, 1.807) is 16.9 Å². The molecular formula is C28H29N5O2. The summed E-state index contributed by atoms with van der Waals surface area (Å²) in [6, 6.07) is 13.8. The lowest BCUT2D eigenvalue weighted by molar-refractivity contribution is -0.116. The molecule has 0 bridgehead atoms. The van der Waals surface area contributed by atoms with Gasteiger partial charge in [0.1, 0.15) is 5.82 Å². The first-order valence-electron chi connectivity index (χ1n) is 11.8. The summed E-state index contributed by atoms with van der Waals surface area (Å²) in [5, 5.41) is 10.9. The van der Waals surface area contributed by atoms with Crippen molar-refractivity contribution in [2.24, 2.45) is 7.05 Å². The normalized spacial score (nSPS) is 19.9. The molecule has 2 N–H and O–H groups in total. The molecule has 3 heterocycles. The number of ketones is 1. The number of amides is 1. The Morgan fingerprint density at radius 2 is 1.86 bits per heavy atom. The number of hydrogen-bond donors (Lipinski definition) is 2. The number of allylic oxidation sites excluding steroid dienone is 3. The number of hydrogen-bond acceptors (Lipinski definition) is 5. The highest BCUT2D eigenvalue weighted by atomic mass is 16.2. The van der Waals surface area contributed by atoms with Crippen molar-refractivity contribution in [3.63, 3.8) is 0 Å². The summed E-state index contributed by atoms with van der Waals surface area (Å²) in [5.74, 6) is -0.127. The number of nitrogens with one attached hydrogen (secondary N) is 2. The molecule has 3 aromatic rings. The second-order valence-electron chi connectivity index (χ2n) is 9.45. The third-order valence-electron chi connectivity index (χ3n) is 6.86. The van der Waals surface area contributed by atoms with Gasteiger partial charge in [-0.1, -0.05) is 36.4 Å². The van der Waals surface area contributed by atoms with Crippen LogP contribution in [0.15, 0.2) is 77.4 Å². The van der Waals surface area contributed by atoms with Gasteiger partial charge in [0.05, 0.1) is 5.69 Å². The van der Waals surface area contributed by atoms with E-state index in [-0.39, 0.29) is 17.6 Å². The van der Waals surface area contributed by atoms with E-state index in [0.29, 0.717) is 29.8 Å². The summed E-state index contributed by atoms with van der Waals surface area (Å²) in [6.45, 7) is 5.77. The molecule has 1 aliphatic carbocycles. The Kier molecular flexibility index (Phi) is 5.84. The van der Waals surface area contributed by atoms with Crippen molar-refractivity contribution in [1.29, 1.82) is 0 Å². The molecule has 7 nitrogen and oxygen atoms in total. The zero-order valence-electron chi connectivity index (χ0n) is 20.4. The number of aryl methyl sites for hydroxylation is 3. The first-order valence-corrected chi connectivity index (χ1v) is 11.8. The number of carbonyl (C=O) groups excluding carboxylic acids is 2. The Bertz CT molecular complexity index is 1370. The van der Waals surface area contributed by atoms with Gasteiger partial charge in [0.25, 0.3) is 5.91 Å². The minimum absolute atomic E-state index is 0.0621. The van der Waals surface area contributed by atoms with Gasteiger partial charge in [-0.15, -0.1) is 0 Å². The first kappa shape index (κ1) is 22.8. The fraction of sp³-hybridized carbons (Fsp3) is 0.286. The van der Waals surface area contributed by atoms with Crippen LogP contribution in [0.2, 0.25) is 0 Å². The maximum absolute atomic E-state index is 13.7. The Hall–Kier alpha value is -4.00. The first-order chi connectivity index (χ1) is 16.8. The molecule has 178 valence electrons. The van der Waals surface area contributed by atoms with Gasteiger partial charge in [-0.05, 0) is 50.3 Å². The van der Waals surface area contributed by atoms with E-state index in [1.807, 2.05) is 58.3 Å². The zero-order valence-corrected chi connectivity index (χ0v) is 20.4. The van der Waals surface area contributed by atoms with Crippen molar-refractivity contribution in [2.75, 3.05) is 5.32 Å². The predicted octanol–water partition coefficient (Wildman–Crippen LogP) is 4.43.